The number of carbonyl (C=O) groups excluding carboxylic acids is 3. The highest BCUT2D eigenvalue weighted by molar-refractivity contribution is 5.98. The molecule has 1 fully saturated rings. The Kier molecular flexibility index (Phi) is 5.37. The van der Waals surface area contributed by atoms with Gasteiger partial charge in [-0.15, -0.1) is 0 Å². The Morgan fingerprint density at radius 3 is 2.46 bits per heavy atom. The van der Waals surface area contributed by atoms with Crippen molar-refractivity contribution in [1.82, 2.24) is 10.2 Å². The molecule has 2 rings (SSSR count). The Bertz CT molecular complexity index is 680. The molecule has 126 valence electrons. The summed E-state index contributed by atoms with van der Waals surface area (Å²) in [5, 5.41) is 11.2. The Labute approximate surface area is 138 Å². The Morgan fingerprint density at radius 2 is 1.92 bits per heavy atom. The van der Waals surface area contributed by atoms with Crippen LogP contribution < -0.4 is 10.1 Å². The molecule has 0 saturated carbocycles. The van der Waals surface area contributed by atoms with Gasteiger partial charge in [-0.1, -0.05) is 0 Å². The van der Waals surface area contributed by atoms with Crippen LogP contribution in [0.15, 0.2) is 24.3 Å². The predicted octanol–water partition coefficient (Wildman–Crippen LogP) is 0.809. The lowest BCUT2D eigenvalue weighted by Crippen LogP contribution is -2.43. The molecule has 1 N–H and O–H groups in total. The van der Waals surface area contributed by atoms with Gasteiger partial charge >= 0.3 is 12.0 Å². The molecular weight excluding hydrogens is 314 g/mol. The molecule has 1 saturated heterocycles. The molecule has 1 aliphatic heterocycles. The fourth-order valence-corrected chi connectivity index (χ4v) is 2.08. The van der Waals surface area contributed by atoms with Crippen LogP contribution in [0, 0.1) is 11.3 Å². The standard InChI is InChI=1S/C16H17N3O5/c1-10(14(20)19-8-7-18-16(19)22)24-15(21)11(2)23-13-5-3-12(9-17)4-6-13/h3-6,10-11H,7-8H2,1-2H3,(H,18,22)/t10-,11+/m0/s1. The summed E-state index contributed by atoms with van der Waals surface area (Å²) in [6, 6.07) is 7.73. The average molecular weight is 331 g/mol. The van der Waals surface area contributed by atoms with Crippen molar-refractivity contribution >= 4 is 17.9 Å². The topological polar surface area (TPSA) is 109 Å². The quantitative estimate of drug-likeness (QED) is 0.800. The summed E-state index contributed by atoms with van der Waals surface area (Å²) in [6.07, 6.45) is -2.03. The number of nitrogens with zero attached hydrogens (tertiary/aromatic N) is 2. The molecule has 0 unspecified atom stereocenters. The second kappa shape index (κ2) is 7.46. The van der Waals surface area contributed by atoms with Gasteiger partial charge in [0.2, 0.25) is 0 Å². The van der Waals surface area contributed by atoms with Crippen LogP contribution in [0.2, 0.25) is 0 Å². The SMILES string of the molecule is C[C@H](OC(=O)[C@@H](C)Oc1ccc(C#N)cc1)C(=O)N1CCNC1=O. The summed E-state index contributed by atoms with van der Waals surface area (Å²) in [5.74, 6) is -0.903. The van der Waals surface area contributed by atoms with E-state index in [-0.39, 0.29) is 6.54 Å². The van der Waals surface area contributed by atoms with Crippen LogP contribution in [-0.4, -0.2) is 48.1 Å². The van der Waals surface area contributed by atoms with Gasteiger partial charge in [-0.2, -0.15) is 5.26 Å². The normalized spacial score (nSPS) is 15.9. The van der Waals surface area contributed by atoms with Crippen molar-refractivity contribution in [2.75, 3.05) is 13.1 Å². The molecule has 0 aromatic heterocycles. The number of nitrogens with one attached hydrogen (secondary N) is 1. The summed E-state index contributed by atoms with van der Waals surface area (Å²) in [7, 11) is 0. The summed E-state index contributed by atoms with van der Waals surface area (Å²) < 4.78 is 10.5. The van der Waals surface area contributed by atoms with Gasteiger partial charge in [0.25, 0.3) is 5.91 Å². The first-order valence-electron chi connectivity index (χ1n) is 7.39. The molecule has 1 aromatic carbocycles. The van der Waals surface area contributed by atoms with E-state index in [1.807, 2.05) is 6.07 Å². The molecule has 0 aliphatic carbocycles. The number of benzene rings is 1. The number of hydrogen-bond donors (Lipinski definition) is 1. The lowest BCUT2D eigenvalue weighted by atomic mass is 10.2. The minimum Gasteiger partial charge on any atom is -0.479 e. The number of carbonyl (C=O) groups is 3. The van der Waals surface area contributed by atoms with E-state index in [1.165, 1.54) is 13.8 Å². The highest BCUT2D eigenvalue weighted by Crippen LogP contribution is 2.14. The van der Waals surface area contributed by atoms with Crippen LogP contribution in [-0.2, 0) is 14.3 Å². The van der Waals surface area contributed by atoms with E-state index in [2.05, 4.69) is 5.32 Å². The van der Waals surface area contributed by atoms with E-state index in [0.717, 1.165) is 4.90 Å². The third-order valence-corrected chi connectivity index (χ3v) is 3.39. The number of rotatable bonds is 5. The zero-order chi connectivity index (χ0) is 17.7. The minimum absolute atomic E-state index is 0.247. The van der Waals surface area contributed by atoms with Crippen LogP contribution in [0.1, 0.15) is 19.4 Å². The maximum atomic E-state index is 12.1. The van der Waals surface area contributed by atoms with Crippen LogP contribution in [0.5, 0.6) is 5.75 Å². The van der Waals surface area contributed by atoms with E-state index < -0.39 is 30.1 Å². The number of hydrogen-bond acceptors (Lipinski definition) is 6. The summed E-state index contributed by atoms with van der Waals surface area (Å²) in [4.78, 5) is 36.5. The number of esters is 1. The Morgan fingerprint density at radius 1 is 1.25 bits per heavy atom. The van der Waals surface area contributed by atoms with Gasteiger partial charge in [0, 0.05) is 13.1 Å². The maximum absolute atomic E-state index is 12.1. The average Bonchev–Trinajstić information content (AvgIpc) is 3.00. The molecule has 2 atom stereocenters. The molecule has 8 heteroatoms. The van der Waals surface area contributed by atoms with Crippen LogP contribution in [0.3, 0.4) is 0 Å². The van der Waals surface area contributed by atoms with E-state index >= 15 is 0 Å². The maximum Gasteiger partial charge on any atom is 0.347 e. The van der Waals surface area contributed by atoms with Gasteiger partial charge in [0.05, 0.1) is 11.6 Å². The van der Waals surface area contributed by atoms with Crippen molar-refractivity contribution in [2.45, 2.75) is 26.1 Å². The smallest absolute Gasteiger partial charge is 0.347 e. The third kappa shape index (κ3) is 4.01. The Balaban J connectivity index is 1.89. The lowest BCUT2D eigenvalue weighted by molar-refractivity contribution is -0.163. The van der Waals surface area contributed by atoms with Gasteiger partial charge < -0.3 is 14.8 Å². The molecule has 1 aliphatic rings. The number of imide groups is 1. The zero-order valence-corrected chi connectivity index (χ0v) is 13.3. The van der Waals surface area contributed by atoms with Crippen molar-refractivity contribution in [2.24, 2.45) is 0 Å². The van der Waals surface area contributed by atoms with Crippen molar-refractivity contribution in [1.29, 1.82) is 5.26 Å². The molecule has 3 amide bonds. The predicted molar refractivity (Wildman–Crippen MR) is 81.9 cm³/mol. The largest absolute Gasteiger partial charge is 0.479 e. The van der Waals surface area contributed by atoms with Crippen molar-refractivity contribution in [3.63, 3.8) is 0 Å². The monoisotopic (exact) mass is 331 g/mol. The minimum atomic E-state index is -1.09. The zero-order valence-electron chi connectivity index (χ0n) is 13.3. The first kappa shape index (κ1) is 17.3. The van der Waals surface area contributed by atoms with Crippen LogP contribution in [0.4, 0.5) is 4.79 Å². The van der Waals surface area contributed by atoms with E-state index in [0.29, 0.717) is 17.9 Å². The summed E-state index contributed by atoms with van der Waals surface area (Å²) in [6.45, 7) is 3.51. The van der Waals surface area contributed by atoms with Gasteiger partial charge in [0.1, 0.15) is 5.75 Å². The second-order valence-corrected chi connectivity index (χ2v) is 5.20. The third-order valence-electron chi connectivity index (χ3n) is 3.39. The molecule has 0 bridgehead atoms. The van der Waals surface area contributed by atoms with E-state index in [1.54, 1.807) is 24.3 Å². The molecule has 24 heavy (non-hydrogen) atoms. The first-order valence-corrected chi connectivity index (χ1v) is 7.39. The lowest BCUT2D eigenvalue weighted by Gasteiger charge is -2.20. The number of amides is 3. The summed E-state index contributed by atoms with van der Waals surface area (Å²) in [5.41, 5.74) is 0.473. The van der Waals surface area contributed by atoms with Crippen LogP contribution in [0.25, 0.3) is 0 Å². The number of urea groups is 1. The highest BCUT2D eigenvalue weighted by atomic mass is 16.6. The van der Waals surface area contributed by atoms with Crippen molar-refractivity contribution in [3.05, 3.63) is 29.8 Å². The molecule has 0 spiro atoms. The van der Waals surface area contributed by atoms with Gasteiger partial charge in [0.15, 0.2) is 12.2 Å². The Hall–Kier alpha value is -3.08. The van der Waals surface area contributed by atoms with Crippen molar-refractivity contribution in [3.8, 4) is 11.8 Å². The number of nitriles is 1. The van der Waals surface area contributed by atoms with Gasteiger partial charge in [-0.25, -0.2) is 9.59 Å². The van der Waals surface area contributed by atoms with Crippen LogP contribution >= 0.6 is 0 Å². The fourth-order valence-electron chi connectivity index (χ4n) is 2.08. The van der Waals surface area contributed by atoms with E-state index in [4.69, 9.17) is 14.7 Å². The van der Waals surface area contributed by atoms with Gasteiger partial charge in [-0.3, -0.25) is 9.69 Å². The van der Waals surface area contributed by atoms with Crippen molar-refractivity contribution < 1.29 is 23.9 Å². The summed E-state index contributed by atoms with van der Waals surface area (Å²) >= 11 is 0. The molecule has 1 aromatic rings. The van der Waals surface area contributed by atoms with E-state index in [9.17, 15) is 14.4 Å². The fraction of sp³-hybridized carbons (Fsp3) is 0.375. The molecule has 8 nitrogen and oxygen atoms in total. The molecule has 1 heterocycles. The molecular formula is C16H17N3O5. The highest BCUT2D eigenvalue weighted by Gasteiger charge is 2.32. The number of ether oxygens (including phenoxy) is 2. The second-order valence-electron chi connectivity index (χ2n) is 5.20. The molecule has 0 radical (unpaired) electrons. The van der Waals surface area contributed by atoms with Gasteiger partial charge in [-0.05, 0) is 38.1 Å². The first-order chi connectivity index (χ1) is 11.4.